The maximum atomic E-state index is 13.3. The number of methoxy groups -OCH3 is 2. The molecule has 0 spiro atoms. The summed E-state index contributed by atoms with van der Waals surface area (Å²) in [5, 5.41) is 0.850. The molecule has 0 bridgehead atoms. The summed E-state index contributed by atoms with van der Waals surface area (Å²) >= 11 is 0. The first-order valence-corrected chi connectivity index (χ1v) is 12.7. The van der Waals surface area contributed by atoms with Crippen molar-refractivity contribution in [3.63, 3.8) is 0 Å². The molecule has 0 aromatic heterocycles. The van der Waals surface area contributed by atoms with Crippen LogP contribution in [0.4, 0.5) is 0 Å². The quantitative estimate of drug-likeness (QED) is 0.398. The molecule has 10 heteroatoms. The number of rotatable bonds is 9. The predicted octanol–water partition coefficient (Wildman–Crippen LogP) is 2.61. The van der Waals surface area contributed by atoms with E-state index in [1.807, 2.05) is 12.1 Å². The number of carbonyl (C=O) groups excluding carboxylic acids is 2. The van der Waals surface area contributed by atoms with Crippen LogP contribution in [0.3, 0.4) is 0 Å². The maximum Gasteiger partial charge on any atom is 0.343 e. The molecule has 0 amide bonds. The average molecular weight is 482 g/mol. The molecule has 0 saturated heterocycles. The Kier molecular flexibility index (Phi) is 9.47. The SMILES string of the molecule is COC(=O)C(C(C(=O)OC)=P(OC)(OC)c1ccccc1)=P(OC)(OC)c1ccccc1. The molecule has 2 aromatic carbocycles. The first-order valence-electron chi connectivity index (χ1n) is 9.46. The van der Waals surface area contributed by atoms with Crippen molar-refractivity contribution in [2.24, 2.45) is 0 Å². The summed E-state index contributed by atoms with van der Waals surface area (Å²) in [6.07, 6.45) is 0. The fourth-order valence-electron chi connectivity index (χ4n) is 3.35. The van der Waals surface area contributed by atoms with Crippen LogP contribution in [0.5, 0.6) is 0 Å². The summed E-state index contributed by atoms with van der Waals surface area (Å²) in [4.78, 5) is 26.6. The van der Waals surface area contributed by atoms with E-state index < -0.39 is 26.6 Å². The van der Waals surface area contributed by atoms with E-state index in [4.69, 9.17) is 27.6 Å². The second-order valence-electron chi connectivity index (χ2n) is 6.18. The van der Waals surface area contributed by atoms with E-state index in [1.165, 1.54) is 42.7 Å². The Hall–Kier alpha value is -2.18. The van der Waals surface area contributed by atoms with Gasteiger partial charge in [0.25, 0.3) is 0 Å². The topological polar surface area (TPSA) is 89.5 Å². The van der Waals surface area contributed by atoms with Gasteiger partial charge in [0.2, 0.25) is 0 Å². The van der Waals surface area contributed by atoms with Crippen molar-refractivity contribution in [3.05, 3.63) is 60.7 Å². The monoisotopic (exact) mass is 482 g/mol. The zero-order valence-corrected chi connectivity index (χ0v) is 20.7. The van der Waals surface area contributed by atoms with Gasteiger partial charge in [0.05, 0.1) is 14.2 Å². The summed E-state index contributed by atoms with van der Waals surface area (Å²) in [5.74, 6) is -1.64. The molecule has 0 heterocycles. The van der Waals surface area contributed by atoms with Crippen molar-refractivity contribution < 1.29 is 37.2 Å². The summed E-state index contributed by atoms with van der Waals surface area (Å²) in [7, 11) is 1.28. The zero-order valence-electron chi connectivity index (χ0n) is 18.9. The first kappa shape index (κ1) is 26.1. The fraction of sp³-hybridized carbons (Fsp3) is 0.273. The minimum absolute atomic E-state index is 0.135. The Balaban J connectivity index is 3.29. The number of carbonyl (C=O) groups is 2. The summed E-state index contributed by atoms with van der Waals surface area (Å²) in [6, 6.07) is 17.8. The highest BCUT2D eigenvalue weighted by molar-refractivity contribution is 7.86. The van der Waals surface area contributed by atoms with Crippen LogP contribution in [0.25, 0.3) is 0 Å². The van der Waals surface area contributed by atoms with E-state index in [9.17, 15) is 9.59 Å². The van der Waals surface area contributed by atoms with Crippen LogP contribution < -0.4 is 10.6 Å². The summed E-state index contributed by atoms with van der Waals surface area (Å²) in [5.41, 5.74) is 0. The fourth-order valence-corrected chi connectivity index (χ4v) is 9.06. The Morgan fingerprint density at radius 2 is 0.812 bits per heavy atom. The van der Waals surface area contributed by atoms with Gasteiger partial charge in [0.1, 0.15) is 10.6 Å². The van der Waals surface area contributed by atoms with Gasteiger partial charge in [-0.25, -0.2) is 9.59 Å². The highest BCUT2D eigenvalue weighted by Crippen LogP contribution is 2.55. The van der Waals surface area contributed by atoms with Gasteiger partial charge in [0.15, 0.2) is 14.7 Å². The molecule has 174 valence electrons. The number of esters is 2. The highest BCUT2D eigenvalue weighted by Gasteiger charge is 2.43. The third-order valence-electron chi connectivity index (χ3n) is 4.79. The molecule has 2 rings (SSSR count). The molecule has 0 radical (unpaired) electrons. The lowest BCUT2D eigenvalue weighted by Gasteiger charge is -2.31. The van der Waals surface area contributed by atoms with Gasteiger partial charge in [-0.2, -0.15) is 0 Å². The Morgan fingerprint density at radius 1 is 0.531 bits per heavy atom. The van der Waals surface area contributed by atoms with Crippen LogP contribution in [-0.2, 0) is 37.2 Å². The van der Waals surface area contributed by atoms with Crippen LogP contribution in [0.15, 0.2) is 60.7 Å². The minimum atomic E-state index is -3.39. The largest absolute Gasteiger partial charge is 0.465 e. The van der Waals surface area contributed by atoms with Crippen molar-refractivity contribution in [3.8, 4) is 0 Å². The second-order valence-corrected chi connectivity index (χ2v) is 11.8. The lowest BCUT2D eigenvalue weighted by atomic mass is 10.3. The third kappa shape index (κ3) is 4.62. The van der Waals surface area contributed by atoms with Crippen LogP contribution in [0, 0.1) is 0 Å². The van der Waals surface area contributed by atoms with Gasteiger partial charge in [-0.1, -0.05) is 60.7 Å². The van der Waals surface area contributed by atoms with E-state index in [0.717, 1.165) is 0 Å². The Morgan fingerprint density at radius 3 is 1.03 bits per heavy atom. The normalized spacial score (nSPS) is 11.6. The third-order valence-corrected chi connectivity index (χ3v) is 11.0. The Bertz CT molecular complexity index is 947. The lowest BCUT2D eigenvalue weighted by Crippen LogP contribution is -2.39. The molecular weight excluding hydrogens is 454 g/mol. The van der Waals surface area contributed by atoms with Crippen molar-refractivity contribution in [2.75, 3.05) is 42.7 Å². The van der Waals surface area contributed by atoms with Crippen LogP contribution in [0.1, 0.15) is 0 Å². The molecule has 0 unspecified atom stereocenters. The van der Waals surface area contributed by atoms with Gasteiger partial charge in [-0.3, -0.25) is 0 Å². The molecule has 32 heavy (non-hydrogen) atoms. The number of benzene rings is 2. The van der Waals surface area contributed by atoms with Crippen LogP contribution >= 0.6 is 14.7 Å². The molecule has 0 aliphatic carbocycles. The van der Waals surface area contributed by atoms with Gasteiger partial charge in [-0.05, 0) is 0 Å². The van der Waals surface area contributed by atoms with Crippen molar-refractivity contribution >= 4 is 47.8 Å². The van der Waals surface area contributed by atoms with E-state index in [-0.39, 0.29) is 10.6 Å². The number of hydrogen-bond donors (Lipinski definition) is 0. The molecular formula is C22H28O8P2. The standard InChI is InChI=1S/C22H28O8P2/c1-25-21(23)19(31(27-3,28-4)17-13-9-7-10-14-17)20(22(24)26-2)32(29-5,30-6)18-15-11-8-12-16-18/h7-16H,1-6H3. The molecule has 0 fully saturated rings. The van der Waals surface area contributed by atoms with Crippen molar-refractivity contribution in [2.45, 2.75) is 0 Å². The van der Waals surface area contributed by atoms with E-state index in [1.54, 1.807) is 48.5 Å². The van der Waals surface area contributed by atoms with Gasteiger partial charge in [-0.15, -0.1) is 0 Å². The smallest absolute Gasteiger partial charge is 0.343 e. The van der Waals surface area contributed by atoms with Crippen LogP contribution in [-0.4, -0.2) is 65.2 Å². The lowest BCUT2D eigenvalue weighted by molar-refractivity contribution is -0.134. The summed E-state index contributed by atoms with van der Waals surface area (Å²) < 4.78 is 33.8. The molecule has 0 aliphatic rings. The average Bonchev–Trinajstić information content (AvgIpc) is 2.87. The highest BCUT2D eigenvalue weighted by atomic mass is 31.2. The molecule has 0 N–H and O–H groups in total. The molecule has 0 saturated carbocycles. The predicted molar refractivity (Wildman–Crippen MR) is 128 cm³/mol. The van der Waals surface area contributed by atoms with Gasteiger partial charge in [0, 0.05) is 39.0 Å². The van der Waals surface area contributed by atoms with Gasteiger partial charge < -0.3 is 27.6 Å². The first-order chi connectivity index (χ1) is 15.4. The zero-order chi connectivity index (χ0) is 23.8. The molecule has 0 atom stereocenters. The molecule has 0 aliphatic heterocycles. The van der Waals surface area contributed by atoms with E-state index in [2.05, 4.69) is 0 Å². The van der Waals surface area contributed by atoms with E-state index >= 15 is 0 Å². The van der Waals surface area contributed by atoms with E-state index in [0.29, 0.717) is 10.6 Å². The molecule has 8 nitrogen and oxygen atoms in total. The van der Waals surface area contributed by atoms with Crippen LogP contribution in [0.2, 0.25) is 0 Å². The Labute approximate surface area is 188 Å². The van der Waals surface area contributed by atoms with Gasteiger partial charge >= 0.3 is 11.9 Å². The maximum absolute atomic E-state index is 13.3. The summed E-state index contributed by atoms with van der Waals surface area (Å²) in [6.45, 7) is 0. The number of hydrogen-bond acceptors (Lipinski definition) is 8. The minimum Gasteiger partial charge on any atom is -0.465 e. The second kappa shape index (κ2) is 11.6. The molecule has 2 aromatic rings. The van der Waals surface area contributed by atoms with Crippen molar-refractivity contribution in [1.29, 1.82) is 0 Å². The van der Waals surface area contributed by atoms with Crippen molar-refractivity contribution in [1.82, 2.24) is 0 Å². The number of ether oxygens (including phenoxy) is 2.